The van der Waals surface area contributed by atoms with Crippen LogP contribution < -0.4 is 5.32 Å². The van der Waals surface area contributed by atoms with Gasteiger partial charge in [-0.3, -0.25) is 0 Å². The average Bonchev–Trinajstić information content (AvgIpc) is 2.31. The van der Waals surface area contributed by atoms with Gasteiger partial charge in [-0.15, -0.1) is 0 Å². The first kappa shape index (κ1) is 15.2. The lowest BCUT2D eigenvalue weighted by molar-refractivity contribution is 0.0626. The molecule has 1 aromatic carbocycles. The maximum atomic E-state index is 5.68. The minimum atomic E-state index is 0.278. The summed E-state index contributed by atoms with van der Waals surface area (Å²) >= 11 is 0. The first-order valence-electron chi connectivity index (χ1n) is 6.90. The van der Waals surface area contributed by atoms with Crippen LogP contribution in [0, 0.1) is 5.92 Å². The molecule has 0 heterocycles. The Hall–Kier alpha value is -0.860. The van der Waals surface area contributed by atoms with Crippen LogP contribution in [0.25, 0.3) is 0 Å². The van der Waals surface area contributed by atoms with Crippen molar-refractivity contribution in [1.82, 2.24) is 5.32 Å². The minimum absolute atomic E-state index is 0.278. The zero-order chi connectivity index (χ0) is 13.5. The smallest absolute Gasteiger partial charge is 0.0664 e. The van der Waals surface area contributed by atoms with E-state index in [-0.39, 0.29) is 12.1 Å². The summed E-state index contributed by atoms with van der Waals surface area (Å²) in [4.78, 5) is 0. The molecule has 0 saturated heterocycles. The molecule has 1 aromatic rings. The number of nitrogens with one attached hydrogen (secondary N) is 1. The SMILES string of the molecule is CNC(COC(C)C)c1ccc(CC(C)C)cc1. The molecule has 0 bridgehead atoms. The zero-order valence-electron chi connectivity index (χ0n) is 12.4. The number of benzene rings is 1. The molecule has 0 saturated carbocycles. The molecule has 1 atom stereocenters. The molecule has 0 amide bonds. The van der Waals surface area contributed by atoms with E-state index in [2.05, 4.69) is 57.3 Å². The quantitative estimate of drug-likeness (QED) is 0.797. The summed E-state index contributed by atoms with van der Waals surface area (Å²) in [7, 11) is 1.98. The Morgan fingerprint density at radius 3 is 2.11 bits per heavy atom. The molecule has 2 heteroatoms. The molecular weight excluding hydrogens is 222 g/mol. The highest BCUT2D eigenvalue weighted by atomic mass is 16.5. The maximum absolute atomic E-state index is 5.68. The third-order valence-electron chi connectivity index (χ3n) is 2.97. The molecule has 0 aliphatic heterocycles. The number of ether oxygens (including phenoxy) is 1. The van der Waals surface area contributed by atoms with Gasteiger partial charge in [0.05, 0.1) is 18.8 Å². The highest BCUT2D eigenvalue weighted by Gasteiger charge is 2.10. The molecule has 0 fully saturated rings. The van der Waals surface area contributed by atoms with Crippen molar-refractivity contribution in [2.75, 3.05) is 13.7 Å². The lowest BCUT2D eigenvalue weighted by Gasteiger charge is -2.19. The van der Waals surface area contributed by atoms with Crippen molar-refractivity contribution in [2.24, 2.45) is 5.92 Å². The van der Waals surface area contributed by atoms with Crippen molar-refractivity contribution in [3.63, 3.8) is 0 Å². The van der Waals surface area contributed by atoms with Gasteiger partial charge in [-0.1, -0.05) is 38.1 Å². The van der Waals surface area contributed by atoms with E-state index in [1.807, 2.05) is 7.05 Å². The first-order valence-corrected chi connectivity index (χ1v) is 6.90. The normalized spacial score (nSPS) is 13.3. The van der Waals surface area contributed by atoms with E-state index in [1.54, 1.807) is 0 Å². The van der Waals surface area contributed by atoms with Crippen LogP contribution in [0.2, 0.25) is 0 Å². The van der Waals surface area contributed by atoms with Gasteiger partial charge in [0.1, 0.15) is 0 Å². The summed E-state index contributed by atoms with van der Waals surface area (Å²) in [6.45, 7) is 9.36. The van der Waals surface area contributed by atoms with Crippen molar-refractivity contribution in [3.8, 4) is 0 Å². The standard InChI is InChI=1S/C16H27NO/c1-12(2)10-14-6-8-15(9-7-14)16(17-5)11-18-13(3)4/h6-9,12-13,16-17H,10-11H2,1-5H3. The minimum Gasteiger partial charge on any atom is -0.377 e. The Balaban J connectivity index is 2.63. The Morgan fingerprint density at radius 2 is 1.67 bits per heavy atom. The molecule has 0 aliphatic rings. The topological polar surface area (TPSA) is 21.3 Å². The summed E-state index contributed by atoms with van der Waals surface area (Å²) in [6.07, 6.45) is 1.42. The molecule has 0 aromatic heterocycles. The number of hydrogen-bond acceptors (Lipinski definition) is 2. The molecule has 18 heavy (non-hydrogen) atoms. The molecule has 1 unspecified atom stereocenters. The molecular formula is C16H27NO. The van der Waals surface area contributed by atoms with Crippen LogP contribution in [0.15, 0.2) is 24.3 Å². The van der Waals surface area contributed by atoms with Gasteiger partial charge in [0.15, 0.2) is 0 Å². The largest absolute Gasteiger partial charge is 0.377 e. The van der Waals surface area contributed by atoms with Gasteiger partial charge in [-0.05, 0) is 44.4 Å². The predicted molar refractivity (Wildman–Crippen MR) is 77.9 cm³/mol. The van der Waals surface area contributed by atoms with Crippen LogP contribution in [0.1, 0.15) is 44.9 Å². The van der Waals surface area contributed by atoms with Crippen LogP contribution in [-0.4, -0.2) is 19.8 Å². The third kappa shape index (κ3) is 5.19. The fourth-order valence-corrected chi connectivity index (χ4v) is 1.99. The fraction of sp³-hybridized carbons (Fsp3) is 0.625. The molecule has 2 nitrogen and oxygen atoms in total. The lowest BCUT2D eigenvalue weighted by atomic mass is 9.99. The van der Waals surface area contributed by atoms with E-state index in [1.165, 1.54) is 11.1 Å². The maximum Gasteiger partial charge on any atom is 0.0664 e. The summed E-state index contributed by atoms with van der Waals surface area (Å²) < 4.78 is 5.68. The highest BCUT2D eigenvalue weighted by molar-refractivity contribution is 5.25. The van der Waals surface area contributed by atoms with E-state index in [9.17, 15) is 0 Å². The summed E-state index contributed by atoms with van der Waals surface area (Å²) in [6, 6.07) is 9.16. The van der Waals surface area contributed by atoms with Gasteiger partial charge >= 0.3 is 0 Å². The number of hydrogen-bond donors (Lipinski definition) is 1. The van der Waals surface area contributed by atoms with Crippen molar-refractivity contribution >= 4 is 0 Å². The highest BCUT2D eigenvalue weighted by Crippen LogP contribution is 2.16. The predicted octanol–water partition coefficient (Wildman–Crippen LogP) is 3.57. The van der Waals surface area contributed by atoms with Crippen LogP contribution in [-0.2, 0) is 11.2 Å². The lowest BCUT2D eigenvalue weighted by Crippen LogP contribution is -2.23. The Kier molecular flexibility index (Phi) is 6.37. The molecule has 0 radical (unpaired) electrons. The molecule has 0 spiro atoms. The van der Waals surface area contributed by atoms with Gasteiger partial charge in [-0.25, -0.2) is 0 Å². The summed E-state index contributed by atoms with van der Waals surface area (Å²) in [5.74, 6) is 0.709. The molecule has 102 valence electrons. The average molecular weight is 249 g/mol. The van der Waals surface area contributed by atoms with Crippen molar-refractivity contribution in [3.05, 3.63) is 35.4 Å². The molecule has 1 N–H and O–H groups in total. The van der Waals surface area contributed by atoms with Gasteiger partial charge < -0.3 is 10.1 Å². The third-order valence-corrected chi connectivity index (χ3v) is 2.97. The van der Waals surface area contributed by atoms with Gasteiger partial charge in [0.25, 0.3) is 0 Å². The van der Waals surface area contributed by atoms with E-state index in [4.69, 9.17) is 4.74 Å². The van der Waals surface area contributed by atoms with E-state index in [0.717, 1.165) is 13.0 Å². The van der Waals surface area contributed by atoms with Crippen LogP contribution in [0.5, 0.6) is 0 Å². The van der Waals surface area contributed by atoms with Crippen LogP contribution in [0.4, 0.5) is 0 Å². The van der Waals surface area contributed by atoms with E-state index in [0.29, 0.717) is 5.92 Å². The summed E-state index contributed by atoms with van der Waals surface area (Å²) in [5, 5.41) is 3.31. The van der Waals surface area contributed by atoms with Crippen molar-refractivity contribution in [2.45, 2.75) is 46.3 Å². The van der Waals surface area contributed by atoms with Crippen molar-refractivity contribution in [1.29, 1.82) is 0 Å². The van der Waals surface area contributed by atoms with Gasteiger partial charge in [0.2, 0.25) is 0 Å². The van der Waals surface area contributed by atoms with Gasteiger partial charge in [-0.2, -0.15) is 0 Å². The summed E-state index contributed by atoms with van der Waals surface area (Å²) in [5.41, 5.74) is 2.71. The zero-order valence-corrected chi connectivity index (χ0v) is 12.4. The van der Waals surface area contributed by atoms with Crippen LogP contribution >= 0.6 is 0 Å². The van der Waals surface area contributed by atoms with Crippen LogP contribution in [0.3, 0.4) is 0 Å². The number of likely N-dealkylation sites (N-methyl/N-ethyl adjacent to an activating group) is 1. The van der Waals surface area contributed by atoms with E-state index >= 15 is 0 Å². The second-order valence-corrected chi connectivity index (χ2v) is 5.56. The fourth-order valence-electron chi connectivity index (χ4n) is 1.99. The second kappa shape index (κ2) is 7.55. The monoisotopic (exact) mass is 249 g/mol. The number of rotatable bonds is 7. The van der Waals surface area contributed by atoms with Crippen molar-refractivity contribution < 1.29 is 4.74 Å². The van der Waals surface area contributed by atoms with Gasteiger partial charge in [0, 0.05) is 0 Å². The Bertz CT molecular complexity index is 329. The molecule has 1 rings (SSSR count). The Labute approximate surface area is 112 Å². The molecule has 0 aliphatic carbocycles. The van der Waals surface area contributed by atoms with E-state index < -0.39 is 0 Å². The first-order chi connectivity index (χ1) is 8.52. The second-order valence-electron chi connectivity index (χ2n) is 5.56. The Morgan fingerprint density at radius 1 is 1.06 bits per heavy atom.